The number of hydrogen-bond donors (Lipinski definition) is 0. The largest absolute Gasteiger partial charge is 0.274 e. The first-order valence-corrected chi connectivity index (χ1v) is 5.25. The van der Waals surface area contributed by atoms with Crippen molar-refractivity contribution in [3.8, 4) is 0 Å². The minimum absolute atomic E-state index is 0.170. The molecule has 1 fully saturated rings. The van der Waals surface area contributed by atoms with Crippen molar-refractivity contribution in [2.75, 3.05) is 10.8 Å². The van der Waals surface area contributed by atoms with Gasteiger partial charge in [0.05, 0.1) is 11.6 Å². The van der Waals surface area contributed by atoms with Crippen molar-refractivity contribution in [3.63, 3.8) is 0 Å². The van der Waals surface area contributed by atoms with Gasteiger partial charge in [-0.25, -0.2) is 0 Å². The van der Waals surface area contributed by atoms with Crippen LogP contribution in [0.4, 0.5) is 5.69 Å². The van der Waals surface area contributed by atoms with Gasteiger partial charge in [0, 0.05) is 12.3 Å². The molecule has 1 unspecified atom stereocenters. The fourth-order valence-corrected chi connectivity index (χ4v) is 1.90. The SMILES string of the molecule is O=C1CC(CCl)C(=O)N1c1ccccc1. The Morgan fingerprint density at radius 3 is 2.47 bits per heavy atom. The van der Waals surface area contributed by atoms with Crippen LogP contribution in [0.3, 0.4) is 0 Å². The number of halogens is 1. The molecule has 0 bridgehead atoms. The van der Waals surface area contributed by atoms with Gasteiger partial charge >= 0.3 is 0 Å². The number of benzene rings is 1. The summed E-state index contributed by atoms with van der Waals surface area (Å²) in [4.78, 5) is 24.6. The predicted octanol–water partition coefficient (Wildman–Crippen LogP) is 1.80. The second kappa shape index (κ2) is 4.03. The van der Waals surface area contributed by atoms with Crippen LogP contribution in [0.25, 0.3) is 0 Å². The molecular formula is C11H10ClNO2. The summed E-state index contributed by atoms with van der Waals surface area (Å²) < 4.78 is 0. The Bertz CT molecular complexity index is 391. The van der Waals surface area contributed by atoms with Crippen LogP contribution >= 0.6 is 11.6 Å². The molecule has 0 radical (unpaired) electrons. The number of carbonyl (C=O) groups is 2. The zero-order chi connectivity index (χ0) is 10.8. The minimum Gasteiger partial charge on any atom is -0.274 e. The van der Waals surface area contributed by atoms with Crippen LogP contribution in [0.2, 0.25) is 0 Å². The molecule has 78 valence electrons. The number of carbonyl (C=O) groups excluding carboxylic acids is 2. The van der Waals surface area contributed by atoms with E-state index in [1.807, 2.05) is 6.07 Å². The highest BCUT2D eigenvalue weighted by atomic mass is 35.5. The van der Waals surface area contributed by atoms with Gasteiger partial charge in [0.25, 0.3) is 0 Å². The Morgan fingerprint density at radius 1 is 1.27 bits per heavy atom. The number of anilines is 1. The first-order valence-electron chi connectivity index (χ1n) is 4.72. The van der Waals surface area contributed by atoms with Crippen molar-refractivity contribution in [2.24, 2.45) is 5.92 Å². The summed E-state index contributed by atoms with van der Waals surface area (Å²) in [5.74, 6) is -0.522. The van der Waals surface area contributed by atoms with Crippen molar-refractivity contribution in [1.82, 2.24) is 0 Å². The molecule has 15 heavy (non-hydrogen) atoms. The molecule has 2 rings (SSSR count). The van der Waals surface area contributed by atoms with Crippen LogP contribution in [-0.2, 0) is 9.59 Å². The van der Waals surface area contributed by atoms with Gasteiger partial charge in [-0.1, -0.05) is 18.2 Å². The Kier molecular flexibility index (Phi) is 2.73. The lowest BCUT2D eigenvalue weighted by atomic mass is 10.1. The molecule has 4 heteroatoms. The van der Waals surface area contributed by atoms with Crippen molar-refractivity contribution >= 4 is 29.1 Å². The standard InChI is InChI=1S/C11H10ClNO2/c12-7-8-6-10(14)13(11(8)15)9-4-2-1-3-5-9/h1-5,8H,6-7H2. The van der Waals surface area contributed by atoms with E-state index in [1.54, 1.807) is 24.3 Å². The molecule has 3 nitrogen and oxygen atoms in total. The van der Waals surface area contributed by atoms with Gasteiger partial charge < -0.3 is 0 Å². The lowest BCUT2D eigenvalue weighted by molar-refractivity contribution is -0.122. The van der Waals surface area contributed by atoms with Crippen LogP contribution in [0.5, 0.6) is 0 Å². The highest BCUT2D eigenvalue weighted by Gasteiger charge is 2.38. The zero-order valence-corrected chi connectivity index (χ0v) is 8.78. The lowest BCUT2D eigenvalue weighted by Gasteiger charge is -2.13. The quantitative estimate of drug-likeness (QED) is 0.567. The molecule has 0 aromatic heterocycles. The average Bonchev–Trinajstić information content (AvgIpc) is 2.55. The Labute approximate surface area is 92.6 Å². The van der Waals surface area contributed by atoms with Gasteiger partial charge in [0.15, 0.2) is 0 Å². The topological polar surface area (TPSA) is 37.4 Å². The maximum absolute atomic E-state index is 11.8. The summed E-state index contributed by atoms with van der Waals surface area (Å²) in [6, 6.07) is 8.92. The number of amides is 2. The predicted molar refractivity (Wildman–Crippen MR) is 57.8 cm³/mol. The van der Waals surface area contributed by atoms with E-state index in [9.17, 15) is 9.59 Å². The molecule has 1 atom stereocenters. The second-order valence-electron chi connectivity index (χ2n) is 3.46. The first kappa shape index (κ1) is 10.2. The highest BCUT2D eigenvalue weighted by Crippen LogP contribution is 2.26. The third kappa shape index (κ3) is 1.75. The average molecular weight is 224 g/mol. The number of rotatable bonds is 2. The molecule has 1 saturated heterocycles. The third-order valence-corrected chi connectivity index (χ3v) is 2.81. The fourth-order valence-electron chi connectivity index (χ4n) is 1.66. The van der Waals surface area contributed by atoms with E-state index in [0.29, 0.717) is 5.69 Å². The van der Waals surface area contributed by atoms with Crippen LogP contribution < -0.4 is 4.90 Å². The summed E-state index contributed by atoms with van der Waals surface area (Å²) in [5.41, 5.74) is 0.625. The molecule has 0 spiro atoms. The Morgan fingerprint density at radius 2 is 1.93 bits per heavy atom. The molecular weight excluding hydrogens is 214 g/mol. The second-order valence-corrected chi connectivity index (χ2v) is 3.77. The molecule has 1 aromatic carbocycles. The zero-order valence-electron chi connectivity index (χ0n) is 8.02. The summed E-state index contributed by atoms with van der Waals surface area (Å²) in [7, 11) is 0. The van der Waals surface area contributed by atoms with Crippen molar-refractivity contribution in [1.29, 1.82) is 0 Å². The van der Waals surface area contributed by atoms with Crippen LogP contribution in [0.15, 0.2) is 30.3 Å². The first-order chi connectivity index (χ1) is 7.24. The molecule has 0 saturated carbocycles. The van der Waals surface area contributed by atoms with Crippen LogP contribution in [-0.4, -0.2) is 17.7 Å². The number of para-hydroxylation sites is 1. The minimum atomic E-state index is -0.362. The van der Waals surface area contributed by atoms with Gasteiger partial charge in [-0.15, -0.1) is 11.6 Å². The smallest absolute Gasteiger partial charge is 0.238 e. The Balaban J connectivity index is 2.31. The van der Waals surface area contributed by atoms with Crippen LogP contribution in [0.1, 0.15) is 6.42 Å². The molecule has 1 aromatic rings. The van der Waals surface area contributed by atoms with Crippen LogP contribution in [0, 0.1) is 5.92 Å². The maximum atomic E-state index is 11.8. The summed E-state index contributed by atoms with van der Waals surface area (Å²) >= 11 is 5.62. The van der Waals surface area contributed by atoms with E-state index < -0.39 is 0 Å². The van der Waals surface area contributed by atoms with E-state index >= 15 is 0 Å². The molecule has 1 aliphatic heterocycles. The highest BCUT2D eigenvalue weighted by molar-refractivity contribution is 6.25. The number of hydrogen-bond acceptors (Lipinski definition) is 2. The molecule has 1 heterocycles. The summed E-state index contributed by atoms with van der Waals surface area (Å²) in [5, 5.41) is 0. The molecule has 0 N–H and O–H groups in total. The van der Waals surface area contributed by atoms with E-state index in [-0.39, 0.29) is 30.0 Å². The summed E-state index contributed by atoms with van der Waals surface area (Å²) in [6.45, 7) is 0. The van der Waals surface area contributed by atoms with E-state index in [0.717, 1.165) is 0 Å². The van der Waals surface area contributed by atoms with Crippen molar-refractivity contribution < 1.29 is 9.59 Å². The maximum Gasteiger partial charge on any atom is 0.238 e. The van der Waals surface area contributed by atoms with E-state index in [2.05, 4.69) is 0 Å². The van der Waals surface area contributed by atoms with Gasteiger partial charge in [-0.05, 0) is 12.1 Å². The number of imide groups is 1. The van der Waals surface area contributed by atoms with Gasteiger partial charge in [-0.2, -0.15) is 0 Å². The molecule has 2 amide bonds. The van der Waals surface area contributed by atoms with Gasteiger partial charge in [-0.3, -0.25) is 14.5 Å². The normalized spacial score (nSPS) is 21.1. The monoisotopic (exact) mass is 223 g/mol. The third-order valence-electron chi connectivity index (χ3n) is 2.44. The van der Waals surface area contributed by atoms with Crippen molar-refractivity contribution in [3.05, 3.63) is 30.3 Å². The number of alkyl halides is 1. The number of nitrogens with zero attached hydrogens (tertiary/aromatic N) is 1. The lowest BCUT2D eigenvalue weighted by Crippen LogP contribution is -2.30. The summed E-state index contributed by atoms with van der Waals surface area (Å²) in [6.07, 6.45) is 0.219. The Hall–Kier alpha value is -1.35. The fraction of sp³-hybridized carbons (Fsp3) is 0.273. The van der Waals surface area contributed by atoms with E-state index in [1.165, 1.54) is 4.90 Å². The molecule has 0 aliphatic carbocycles. The molecule has 1 aliphatic rings. The van der Waals surface area contributed by atoms with Crippen molar-refractivity contribution in [2.45, 2.75) is 6.42 Å². The van der Waals surface area contributed by atoms with E-state index in [4.69, 9.17) is 11.6 Å². The van der Waals surface area contributed by atoms with Gasteiger partial charge in [0.1, 0.15) is 0 Å². The van der Waals surface area contributed by atoms with Gasteiger partial charge in [0.2, 0.25) is 11.8 Å².